The van der Waals surface area contributed by atoms with Crippen LogP contribution in [0, 0.1) is 0 Å². The first kappa shape index (κ1) is 11.4. The molecule has 68 valence electrons. The Morgan fingerprint density at radius 2 is 2.25 bits per heavy atom. The van der Waals surface area contributed by atoms with Crippen molar-refractivity contribution in [1.82, 2.24) is 4.98 Å². The van der Waals surface area contributed by atoms with Gasteiger partial charge in [0.2, 0.25) is 0 Å². The lowest BCUT2D eigenvalue weighted by Gasteiger charge is -2.04. The Morgan fingerprint density at radius 3 is 2.75 bits per heavy atom. The Morgan fingerprint density at radius 1 is 1.58 bits per heavy atom. The number of nitrogens with zero attached hydrogens (tertiary/aromatic N) is 1. The molecule has 1 aromatic rings. The van der Waals surface area contributed by atoms with Gasteiger partial charge in [-0.15, -0.1) is 12.4 Å². The second-order valence-electron chi connectivity index (χ2n) is 2.73. The lowest BCUT2D eigenvalue weighted by molar-refractivity contribution is 0.777. The fourth-order valence-corrected chi connectivity index (χ4v) is 0.963. The van der Waals surface area contributed by atoms with Gasteiger partial charge in [0.15, 0.2) is 0 Å². The first-order valence-corrected chi connectivity index (χ1v) is 3.94. The molecule has 1 atom stereocenters. The van der Waals surface area contributed by atoms with Crippen LogP contribution in [0.15, 0.2) is 18.3 Å². The average molecular weight is 187 g/mol. The zero-order chi connectivity index (χ0) is 8.27. The molecule has 0 aromatic carbocycles. The third-order valence-corrected chi connectivity index (χ3v) is 1.72. The Bertz CT molecular complexity index is 236. The molecule has 0 radical (unpaired) electrons. The number of halogens is 1. The molecule has 1 rings (SSSR count). The molecule has 0 saturated heterocycles. The largest absolute Gasteiger partial charge is 0.323 e. The Kier molecular flexibility index (Phi) is 4.86. The van der Waals surface area contributed by atoms with E-state index >= 15 is 0 Å². The first-order chi connectivity index (χ1) is 5.24. The minimum Gasteiger partial charge on any atom is -0.323 e. The number of hydrogen-bond acceptors (Lipinski definition) is 2. The summed E-state index contributed by atoms with van der Waals surface area (Å²) >= 11 is 0. The summed E-state index contributed by atoms with van der Waals surface area (Å²) in [4.78, 5) is 4.16. The number of aryl methyl sites for hydroxylation is 1. The minimum absolute atomic E-state index is 0. The SMILES string of the molecule is CCc1ccnc([C@H](C)N)c1.Cl. The third-order valence-electron chi connectivity index (χ3n) is 1.72. The van der Waals surface area contributed by atoms with E-state index < -0.39 is 0 Å². The van der Waals surface area contributed by atoms with E-state index in [1.807, 2.05) is 19.2 Å². The Hall–Kier alpha value is -0.600. The molecule has 0 fully saturated rings. The van der Waals surface area contributed by atoms with Crippen LogP contribution in [0.5, 0.6) is 0 Å². The van der Waals surface area contributed by atoms with E-state index in [0.717, 1.165) is 12.1 Å². The second kappa shape index (κ2) is 5.12. The fraction of sp³-hybridized carbons (Fsp3) is 0.444. The van der Waals surface area contributed by atoms with Crippen LogP contribution < -0.4 is 5.73 Å². The summed E-state index contributed by atoms with van der Waals surface area (Å²) in [5.41, 5.74) is 7.95. The van der Waals surface area contributed by atoms with Crippen LogP contribution in [0.4, 0.5) is 0 Å². The van der Waals surface area contributed by atoms with Gasteiger partial charge in [0, 0.05) is 12.2 Å². The van der Waals surface area contributed by atoms with Crippen LogP contribution >= 0.6 is 12.4 Å². The maximum Gasteiger partial charge on any atom is 0.0570 e. The van der Waals surface area contributed by atoms with E-state index in [0.29, 0.717) is 0 Å². The van der Waals surface area contributed by atoms with E-state index in [1.54, 1.807) is 0 Å². The normalized spacial score (nSPS) is 11.9. The molecule has 2 N–H and O–H groups in total. The summed E-state index contributed by atoms with van der Waals surface area (Å²) in [6.07, 6.45) is 2.86. The minimum atomic E-state index is 0. The van der Waals surface area contributed by atoms with Gasteiger partial charge in [0.25, 0.3) is 0 Å². The van der Waals surface area contributed by atoms with Crippen molar-refractivity contribution in [3.63, 3.8) is 0 Å². The lowest BCUT2D eigenvalue weighted by Crippen LogP contribution is -2.07. The van der Waals surface area contributed by atoms with E-state index in [1.165, 1.54) is 5.56 Å². The third kappa shape index (κ3) is 2.80. The van der Waals surface area contributed by atoms with Gasteiger partial charge in [-0.3, -0.25) is 4.98 Å². The summed E-state index contributed by atoms with van der Waals surface area (Å²) < 4.78 is 0. The monoisotopic (exact) mass is 186 g/mol. The van der Waals surface area contributed by atoms with Crippen molar-refractivity contribution in [2.75, 3.05) is 0 Å². The topological polar surface area (TPSA) is 38.9 Å². The molecule has 3 heteroatoms. The van der Waals surface area contributed by atoms with Gasteiger partial charge in [-0.25, -0.2) is 0 Å². The fourth-order valence-electron chi connectivity index (χ4n) is 0.963. The molecule has 0 bridgehead atoms. The van der Waals surface area contributed by atoms with Crippen molar-refractivity contribution in [3.05, 3.63) is 29.6 Å². The zero-order valence-electron chi connectivity index (χ0n) is 7.45. The zero-order valence-corrected chi connectivity index (χ0v) is 8.27. The van der Waals surface area contributed by atoms with Crippen LogP contribution in [0.2, 0.25) is 0 Å². The number of hydrogen-bond donors (Lipinski definition) is 1. The molecule has 12 heavy (non-hydrogen) atoms. The van der Waals surface area contributed by atoms with Gasteiger partial charge in [0.05, 0.1) is 5.69 Å². The molecule has 1 heterocycles. The standard InChI is InChI=1S/C9H14N2.ClH/c1-3-8-4-5-11-9(6-8)7(2)10;/h4-7H,3,10H2,1-2H3;1H/t7-;/m0./s1. The highest BCUT2D eigenvalue weighted by Crippen LogP contribution is 2.08. The van der Waals surface area contributed by atoms with Gasteiger partial charge < -0.3 is 5.73 Å². The first-order valence-electron chi connectivity index (χ1n) is 3.94. The molecule has 0 unspecified atom stereocenters. The summed E-state index contributed by atoms with van der Waals surface area (Å²) in [5.74, 6) is 0. The number of rotatable bonds is 2. The van der Waals surface area contributed by atoms with Gasteiger partial charge in [0.1, 0.15) is 0 Å². The molecular formula is C9H15ClN2. The Labute approximate surface area is 79.6 Å². The van der Waals surface area contributed by atoms with Gasteiger partial charge >= 0.3 is 0 Å². The van der Waals surface area contributed by atoms with Crippen molar-refractivity contribution in [2.45, 2.75) is 26.3 Å². The smallest absolute Gasteiger partial charge is 0.0570 e. The van der Waals surface area contributed by atoms with E-state index in [2.05, 4.69) is 18.0 Å². The molecule has 0 aliphatic rings. The van der Waals surface area contributed by atoms with Crippen LogP contribution in [-0.2, 0) is 6.42 Å². The molecule has 0 aliphatic carbocycles. The van der Waals surface area contributed by atoms with Gasteiger partial charge in [-0.1, -0.05) is 6.92 Å². The van der Waals surface area contributed by atoms with Gasteiger partial charge in [-0.05, 0) is 31.0 Å². The predicted octanol–water partition coefficient (Wildman–Crippen LogP) is 2.09. The molecule has 0 spiro atoms. The van der Waals surface area contributed by atoms with Crippen molar-refractivity contribution >= 4 is 12.4 Å². The number of pyridine rings is 1. The van der Waals surface area contributed by atoms with Crippen molar-refractivity contribution < 1.29 is 0 Å². The highest BCUT2D eigenvalue weighted by Gasteiger charge is 1.99. The molecular weight excluding hydrogens is 172 g/mol. The van der Waals surface area contributed by atoms with Crippen LogP contribution in [0.3, 0.4) is 0 Å². The summed E-state index contributed by atoms with van der Waals surface area (Å²) in [6.45, 7) is 4.07. The van der Waals surface area contributed by atoms with Crippen molar-refractivity contribution in [2.24, 2.45) is 5.73 Å². The van der Waals surface area contributed by atoms with Crippen molar-refractivity contribution in [3.8, 4) is 0 Å². The number of aromatic nitrogens is 1. The molecule has 2 nitrogen and oxygen atoms in total. The predicted molar refractivity (Wildman–Crippen MR) is 53.5 cm³/mol. The Balaban J connectivity index is 0.00000121. The highest BCUT2D eigenvalue weighted by molar-refractivity contribution is 5.85. The van der Waals surface area contributed by atoms with E-state index in [4.69, 9.17) is 5.73 Å². The van der Waals surface area contributed by atoms with Crippen molar-refractivity contribution in [1.29, 1.82) is 0 Å². The van der Waals surface area contributed by atoms with E-state index in [-0.39, 0.29) is 18.4 Å². The molecule has 0 aliphatic heterocycles. The van der Waals surface area contributed by atoms with E-state index in [9.17, 15) is 0 Å². The summed E-state index contributed by atoms with van der Waals surface area (Å²) in [7, 11) is 0. The van der Waals surface area contributed by atoms with Gasteiger partial charge in [-0.2, -0.15) is 0 Å². The van der Waals surface area contributed by atoms with Crippen LogP contribution in [-0.4, -0.2) is 4.98 Å². The second-order valence-corrected chi connectivity index (χ2v) is 2.73. The molecule has 1 aromatic heterocycles. The maximum absolute atomic E-state index is 5.67. The molecule has 0 saturated carbocycles. The average Bonchev–Trinajstić information content (AvgIpc) is 2.05. The van der Waals surface area contributed by atoms with Crippen LogP contribution in [0.1, 0.15) is 31.1 Å². The summed E-state index contributed by atoms with van der Waals surface area (Å²) in [5, 5.41) is 0. The highest BCUT2D eigenvalue weighted by atomic mass is 35.5. The quantitative estimate of drug-likeness (QED) is 0.768. The summed E-state index contributed by atoms with van der Waals surface area (Å²) in [6, 6.07) is 4.12. The lowest BCUT2D eigenvalue weighted by atomic mass is 10.1. The molecule has 0 amide bonds. The van der Waals surface area contributed by atoms with Crippen LogP contribution in [0.25, 0.3) is 0 Å². The maximum atomic E-state index is 5.67. The number of nitrogens with two attached hydrogens (primary N) is 1.